The maximum atomic E-state index is 14.0. The van der Waals surface area contributed by atoms with Gasteiger partial charge in [-0.3, -0.25) is 28.8 Å². The van der Waals surface area contributed by atoms with Gasteiger partial charge in [-0.05, 0) is 212 Å². The Balaban J connectivity index is 1.83. The number of benzene rings is 4. The van der Waals surface area contributed by atoms with Gasteiger partial charge in [0.05, 0.1) is 92.5 Å². The zero-order valence-corrected chi connectivity index (χ0v) is 78.2. The second-order valence-corrected chi connectivity index (χ2v) is 33.4. The number of alkyl carbamates (subject to hydrolysis) is 6. The smallest absolute Gasteiger partial charge is 0.408 e. The van der Waals surface area contributed by atoms with Gasteiger partial charge in [0.25, 0.3) is 0 Å². The molecule has 42 heteroatoms. The van der Waals surface area contributed by atoms with Crippen molar-refractivity contribution in [1.29, 1.82) is 0 Å². The van der Waals surface area contributed by atoms with Crippen LogP contribution in [0.25, 0.3) is 0 Å². The fourth-order valence-corrected chi connectivity index (χ4v) is 12.2. The third kappa shape index (κ3) is 48.9. The van der Waals surface area contributed by atoms with E-state index < -0.39 is 134 Å². The van der Waals surface area contributed by atoms with Gasteiger partial charge in [-0.15, -0.1) is 0 Å². The van der Waals surface area contributed by atoms with Gasteiger partial charge < -0.3 is 149 Å². The first-order valence-corrected chi connectivity index (χ1v) is 43.5. The minimum absolute atomic E-state index is 0.00142. The van der Waals surface area contributed by atoms with Crippen LogP contribution in [0.4, 0.5) is 28.8 Å². The van der Waals surface area contributed by atoms with E-state index in [1.807, 2.05) is 62.4 Å². The Kier molecular flexibility index (Phi) is 49.4. The molecule has 736 valence electrons. The highest BCUT2D eigenvalue weighted by Crippen LogP contribution is 2.41. The highest BCUT2D eigenvalue weighted by molar-refractivity contribution is 5.85. The van der Waals surface area contributed by atoms with E-state index in [4.69, 9.17) is 95.5 Å². The Morgan fingerprint density at radius 3 is 0.621 bits per heavy atom. The van der Waals surface area contributed by atoms with Crippen LogP contribution in [-0.4, -0.2) is 289 Å². The molecule has 0 unspecified atom stereocenters. The maximum absolute atomic E-state index is 14.0. The highest BCUT2D eigenvalue weighted by atomic mass is 16.6. The van der Waals surface area contributed by atoms with Crippen LogP contribution in [0, 0.1) is 0 Å². The molecule has 1 aliphatic carbocycles. The second-order valence-electron chi connectivity index (χ2n) is 33.4. The van der Waals surface area contributed by atoms with Crippen molar-refractivity contribution in [3.63, 3.8) is 0 Å². The molecule has 0 atom stereocenters. The number of hydrogen-bond donors (Lipinski definition) is 12. The normalized spacial score (nSPS) is 11.9. The number of nitrogens with one attached hydrogen (secondary N) is 10. The van der Waals surface area contributed by atoms with E-state index in [2.05, 4.69) is 53.2 Å². The van der Waals surface area contributed by atoms with Gasteiger partial charge in [-0.2, -0.15) is 0 Å². The molecule has 10 amide bonds. The summed E-state index contributed by atoms with van der Waals surface area (Å²) in [6, 6.07) is 14.8. The number of ether oxygens (including phenoxy) is 18. The van der Waals surface area contributed by atoms with Crippen molar-refractivity contribution in [2.24, 2.45) is 0 Å². The van der Waals surface area contributed by atoms with Gasteiger partial charge in [-0.25, -0.2) is 28.8 Å². The quantitative estimate of drug-likeness (QED) is 0.0151. The lowest BCUT2D eigenvalue weighted by Gasteiger charge is -2.25. The van der Waals surface area contributed by atoms with Crippen LogP contribution in [0.2, 0.25) is 0 Å². The standard InChI is InChI=1S/C90H134N10O32/c1-15-115-25-31-123-77-63-37-59(49-91-71(101)53-95-83(111)129-87(3,4)5)38-64(77)46-68-42-62(52-94-74(104)56-98-86(114)132-90(12,13)14)44-70(80(68)126-34-28-120-22-18-118-20-24-122-30-36-128-82(110)100-58-76(107)108)48-66-40-60(50-92-72(102)54-96-84(112)130-88(6,7)8)39-65(78(66)124-32-26-116-16-2)47-69-43-61(51-93-73(103)55-97-85(113)131-89(9,10)11)41-67(45-63)79(69)125-33-27-119-21-17-117-19-23-121-29-35-127-81(109)99-57-75(105)106/h37-44H,15-36,45-58H2,1-14H3,(H,91,101)(H,92,102)(H,93,103)(H,94,104)(H,95,111)(H,96,112)(H,97,113)(H,98,114)(H,99,109)(H,100,110)(H,105,106)(H,107,108). The number of carboxylic acid groups (broad SMARTS) is 2. The van der Waals surface area contributed by atoms with Gasteiger partial charge in [0.2, 0.25) is 23.6 Å². The van der Waals surface area contributed by atoms with Gasteiger partial charge in [0.1, 0.15) is 124 Å². The van der Waals surface area contributed by atoms with E-state index in [-0.39, 0.29) is 184 Å². The molecular formula is C90H134N10O32. The molecule has 12 N–H and O–H groups in total. The molecule has 0 aromatic heterocycles. The first-order valence-electron chi connectivity index (χ1n) is 43.5. The number of hydrogen-bond acceptors (Lipinski definition) is 30. The summed E-state index contributed by atoms with van der Waals surface area (Å²) < 4.78 is 106. The minimum Gasteiger partial charge on any atom is -0.491 e. The molecule has 0 aliphatic heterocycles. The molecule has 132 heavy (non-hydrogen) atoms. The van der Waals surface area contributed by atoms with Crippen LogP contribution in [-0.2, 0) is 147 Å². The molecule has 0 fully saturated rings. The van der Waals surface area contributed by atoms with E-state index in [9.17, 15) is 57.5 Å². The predicted octanol–water partition coefficient (Wildman–Crippen LogP) is 6.24. The Morgan fingerprint density at radius 2 is 0.432 bits per heavy atom. The molecule has 0 saturated carbocycles. The molecule has 5 rings (SSSR count). The molecule has 4 aromatic rings. The number of aliphatic carboxylic acids is 2. The average molecular weight is 1870 g/mol. The zero-order valence-electron chi connectivity index (χ0n) is 78.2. The lowest BCUT2D eigenvalue weighted by atomic mass is 9.88. The Bertz CT molecular complexity index is 4000. The van der Waals surface area contributed by atoms with Crippen molar-refractivity contribution in [2.45, 2.75) is 171 Å². The van der Waals surface area contributed by atoms with Gasteiger partial charge in [0.15, 0.2) is 0 Å². The van der Waals surface area contributed by atoms with Crippen LogP contribution in [0.1, 0.15) is 164 Å². The fraction of sp³-hybridized carbons (Fsp3) is 0.600. The summed E-state index contributed by atoms with van der Waals surface area (Å²) in [5, 5.41) is 43.7. The van der Waals surface area contributed by atoms with Crippen molar-refractivity contribution in [3.05, 3.63) is 115 Å². The van der Waals surface area contributed by atoms with E-state index in [1.165, 1.54) is 0 Å². The summed E-state index contributed by atoms with van der Waals surface area (Å²) in [7, 11) is 0. The number of rotatable bonds is 56. The van der Waals surface area contributed by atoms with Crippen LogP contribution < -0.4 is 72.1 Å². The summed E-state index contributed by atoms with van der Waals surface area (Å²) in [6.45, 7) is 21.8. The summed E-state index contributed by atoms with van der Waals surface area (Å²) >= 11 is 0. The minimum atomic E-state index is -1.23. The molecule has 42 nitrogen and oxygen atoms in total. The highest BCUT2D eigenvalue weighted by Gasteiger charge is 2.29. The number of carboxylic acids is 2. The van der Waals surface area contributed by atoms with Crippen molar-refractivity contribution in [1.82, 2.24) is 53.2 Å². The van der Waals surface area contributed by atoms with E-state index >= 15 is 0 Å². The first-order chi connectivity index (χ1) is 62.6. The number of amides is 10. The average Bonchev–Trinajstić information content (AvgIpc) is 0.774. The SMILES string of the molecule is CCOCCOc1c2cc(CNC(=O)CNC(=O)OC(C)(C)C)cc1Cc1cc(CNC(=O)CNC(=O)OC(C)(C)C)cc(c1OCCOCCOCCOCCOC(=O)NCC(=O)O)Cc1cc(CNC(=O)CNC(=O)OC(C)(C)C)cc(c1OCCOCC)Cc1cc(CNC(=O)CNC(=O)OC(C)(C)C)cc(c1OCCOCCOCCOCCOC(=O)NCC(=O)O)C2. The third-order valence-electron chi connectivity index (χ3n) is 17.3. The number of carbonyl (C=O) groups is 12. The molecule has 4 aromatic carbocycles. The van der Waals surface area contributed by atoms with E-state index in [0.717, 1.165) is 0 Å². The van der Waals surface area contributed by atoms with E-state index in [0.29, 0.717) is 103 Å². The molecule has 0 spiro atoms. The van der Waals surface area contributed by atoms with Crippen molar-refractivity contribution >= 4 is 72.1 Å². The second kappa shape index (κ2) is 58.9. The van der Waals surface area contributed by atoms with Gasteiger partial charge in [-0.1, -0.05) is 0 Å². The van der Waals surface area contributed by atoms with Crippen molar-refractivity contribution < 1.29 is 153 Å². The topological polar surface area (TPSA) is 532 Å². The van der Waals surface area contributed by atoms with Crippen molar-refractivity contribution in [2.75, 3.05) is 185 Å². The lowest BCUT2D eigenvalue weighted by Crippen LogP contribution is -2.39. The molecule has 1 aliphatic rings. The van der Waals surface area contributed by atoms with Gasteiger partial charge >= 0.3 is 48.5 Å². The first kappa shape index (κ1) is 111. The Hall–Kier alpha value is -11.8. The Morgan fingerprint density at radius 1 is 0.250 bits per heavy atom. The van der Waals surface area contributed by atoms with Gasteiger partial charge in [0, 0.05) is 65.1 Å². The Labute approximate surface area is 769 Å². The summed E-state index contributed by atoms with van der Waals surface area (Å²) in [4.78, 5) is 153. The van der Waals surface area contributed by atoms with Crippen LogP contribution >= 0.6 is 0 Å². The van der Waals surface area contributed by atoms with E-state index in [1.54, 1.807) is 83.1 Å². The van der Waals surface area contributed by atoms with Crippen LogP contribution in [0.3, 0.4) is 0 Å². The third-order valence-corrected chi connectivity index (χ3v) is 17.3. The molecule has 0 radical (unpaired) electrons. The molecule has 0 saturated heterocycles. The summed E-state index contributed by atoms with van der Waals surface area (Å²) in [5.41, 5.74) is 2.79. The molecule has 8 bridgehead atoms. The van der Waals surface area contributed by atoms with Crippen molar-refractivity contribution in [3.8, 4) is 23.0 Å². The molecule has 0 heterocycles. The monoisotopic (exact) mass is 1870 g/mol. The van der Waals surface area contributed by atoms with Crippen LogP contribution in [0.15, 0.2) is 48.5 Å². The lowest BCUT2D eigenvalue weighted by molar-refractivity contribution is -0.136. The zero-order chi connectivity index (χ0) is 97.1. The van der Waals surface area contributed by atoms with Crippen LogP contribution in [0.5, 0.6) is 23.0 Å². The maximum Gasteiger partial charge on any atom is 0.408 e. The number of carbonyl (C=O) groups excluding carboxylic acids is 10. The number of fused-ring (bicyclic) bond motifs is 8. The molecular weight excluding hydrogens is 1730 g/mol. The summed E-state index contributed by atoms with van der Waals surface area (Å²) in [5.74, 6) is -3.38. The predicted molar refractivity (Wildman–Crippen MR) is 475 cm³/mol. The summed E-state index contributed by atoms with van der Waals surface area (Å²) in [6.07, 6.45) is -5.25. The largest absolute Gasteiger partial charge is 0.491 e. The fourth-order valence-electron chi connectivity index (χ4n) is 12.2.